The molecule has 0 aliphatic carbocycles. The third kappa shape index (κ3) is 2.55. The Morgan fingerprint density at radius 2 is 2.06 bits per heavy atom. The fraction of sp³-hybridized carbons (Fsp3) is 0.917. The summed E-state index contributed by atoms with van der Waals surface area (Å²) in [5.74, 6) is 0.963. The Morgan fingerprint density at radius 1 is 1.38 bits per heavy atom. The highest BCUT2D eigenvalue weighted by molar-refractivity contribution is 5.77. The lowest BCUT2D eigenvalue weighted by molar-refractivity contribution is -0.136. The minimum Gasteiger partial charge on any atom is -0.343 e. The van der Waals surface area contributed by atoms with Crippen molar-refractivity contribution in [3.05, 3.63) is 0 Å². The van der Waals surface area contributed by atoms with Crippen molar-refractivity contribution in [2.24, 2.45) is 5.92 Å². The largest absolute Gasteiger partial charge is 0.343 e. The number of rotatable bonds is 2. The van der Waals surface area contributed by atoms with Gasteiger partial charge in [-0.05, 0) is 19.3 Å². The molecule has 0 aromatic carbocycles. The summed E-state index contributed by atoms with van der Waals surface area (Å²) in [6, 6.07) is 0.399. The van der Waals surface area contributed by atoms with Gasteiger partial charge in [-0.3, -0.25) is 4.79 Å². The van der Waals surface area contributed by atoms with E-state index >= 15 is 0 Å². The van der Waals surface area contributed by atoms with E-state index in [1.807, 2.05) is 11.9 Å². The molecule has 2 saturated heterocycles. The summed E-state index contributed by atoms with van der Waals surface area (Å²) in [5, 5.41) is 3.37. The fourth-order valence-corrected chi connectivity index (χ4v) is 2.74. The molecule has 4 nitrogen and oxygen atoms in total. The summed E-state index contributed by atoms with van der Waals surface area (Å²) in [6.07, 6.45) is 1.80. The molecule has 1 amide bonds. The topological polar surface area (TPSA) is 35.6 Å². The summed E-state index contributed by atoms with van der Waals surface area (Å²) in [6.45, 7) is 7.86. The van der Waals surface area contributed by atoms with Crippen LogP contribution in [0.25, 0.3) is 0 Å². The lowest BCUT2D eigenvalue weighted by Gasteiger charge is -2.40. The second-order valence-corrected chi connectivity index (χ2v) is 5.09. The number of amides is 1. The molecule has 92 valence electrons. The van der Waals surface area contributed by atoms with E-state index in [0.717, 1.165) is 45.6 Å². The highest BCUT2D eigenvalue weighted by atomic mass is 16.2. The predicted molar refractivity (Wildman–Crippen MR) is 64.3 cm³/mol. The minimum absolute atomic E-state index is 0.309. The molecule has 0 unspecified atom stereocenters. The van der Waals surface area contributed by atoms with Crippen molar-refractivity contribution >= 4 is 5.91 Å². The van der Waals surface area contributed by atoms with Gasteiger partial charge in [-0.25, -0.2) is 0 Å². The zero-order chi connectivity index (χ0) is 11.5. The molecule has 0 spiro atoms. The first kappa shape index (κ1) is 11.9. The van der Waals surface area contributed by atoms with Gasteiger partial charge in [-0.15, -0.1) is 0 Å². The molecule has 4 heteroatoms. The van der Waals surface area contributed by atoms with Gasteiger partial charge in [0.2, 0.25) is 5.91 Å². The number of piperazine rings is 1. The number of nitrogens with one attached hydrogen (secondary N) is 1. The number of nitrogens with zero attached hydrogens (tertiary/aromatic N) is 2. The molecule has 2 aliphatic heterocycles. The Kier molecular flexibility index (Phi) is 3.82. The van der Waals surface area contributed by atoms with Crippen LogP contribution < -0.4 is 5.32 Å². The summed E-state index contributed by atoms with van der Waals surface area (Å²) >= 11 is 0. The van der Waals surface area contributed by atoms with Crippen LogP contribution in [-0.4, -0.2) is 61.5 Å². The van der Waals surface area contributed by atoms with E-state index in [2.05, 4.69) is 17.1 Å². The molecular formula is C12H23N3O. The number of hydrogen-bond donors (Lipinski definition) is 1. The van der Waals surface area contributed by atoms with Crippen molar-refractivity contribution in [2.45, 2.75) is 25.8 Å². The second kappa shape index (κ2) is 5.15. The molecule has 2 fully saturated rings. The molecule has 0 aromatic heterocycles. The highest BCUT2D eigenvalue weighted by Crippen LogP contribution is 2.24. The normalized spacial score (nSPS) is 33.1. The van der Waals surface area contributed by atoms with Gasteiger partial charge < -0.3 is 15.1 Å². The molecule has 0 radical (unpaired) electrons. The van der Waals surface area contributed by atoms with Gasteiger partial charge in [0.05, 0.1) is 0 Å². The maximum absolute atomic E-state index is 11.5. The Bertz CT molecular complexity index is 251. The standard InChI is InChI=1S/C12H23N3O/c1-10-11(3-4-12(16)14(10)2)9-15-7-5-13-6-8-15/h10-11,13H,3-9H2,1-2H3/t10-,11-/m1/s1. The van der Waals surface area contributed by atoms with Gasteiger partial charge in [0.15, 0.2) is 0 Å². The van der Waals surface area contributed by atoms with Crippen LogP contribution in [0.15, 0.2) is 0 Å². The summed E-state index contributed by atoms with van der Waals surface area (Å²) in [7, 11) is 1.94. The average molecular weight is 225 g/mol. The van der Waals surface area contributed by atoms with E-state index in [4.69, 9.17) is 0 Å². The van der Waals surface area contributed by atoms with Crippen LogP contribution in [0.4, 0.5) is 0 Å². The summed E-state index contributed by atoms with van der Waals surface area (Å²) < 4.78 is 0. The molecule has 0 aromatic rings. The SMILES string of the molecule is C[C@@H]1[C@@H](CN2CCNCC2)CCC(=O)N1C. The molecule has 2 heterocycles. The van der Waals surface area contributed by atoms with Gasteiger partial charge in [0, 0.05) is 52.2 Å². The van der Waals surface area contributed by atoms with Crippen LogP contribution >= 0.6 is 0 Å². The van der Waals surface area contributed by atoms with Crippen LogP contribution in [0.3, 0.4) is 0 Å². The smallest absolute Gasteiger partial charge is 0.222 e. The molecule has 2 aliphatic rings. The van der Waals surface area contributed by atoms with Gasteiger partial charge in [0.1, 0.15) is 0 Å². The summed E-state index contributed by atoms with van der Waals surface area (Å²) in [5.41, 5.74) is 0. The third-order valence-electron chi connectivity index (χ3n) is 4.12. The first-order valence-electron chi connectivity index (χ1n) is 6.37. The number of likely N-dealkylation sites (tertiary alicyclic amines) is 1. The first-order chi connectivity index (χ1) is 7.68. The van der Waals surface area contributed by atoms with Crippen LogP contribution in [0.5, 0.6) is 0 Å². The van der Waals surface area contributed by atoms with Crippen molar-refractivity contribution in [2.75, 3.05) is 39.8 Å². The zero-order valence-corrected chi connectivity index (χ0v) is 10.4. The van der Waals surface area contributed by atoms with Crippen LogP contribution in [0.1, 0.15) is 19.8 Å². The van der Waals surface area contributed by atoms with E-state index in [0.29, 0.717) is 17.9 Å². The van der Waals surface area contributed by atoms with Crippen molar-refractivity contribution < 1.29 is 4.79 Å². The highest BCUT2D eigenvalue weighted by Gasteiger charge is 2.31. The molecular weight excluding hydrogens is 202 g/mol. The van der Waals surface area contributed by atoms with Crippen LogP contribution in [0, 0.1) is 5.92 Å². The molecule has 2 atom stereocenters. The van der Waals surface area contributed by atoms with Crippen LogP contribution in [0.2, 0.25) is 0 Å². The second-order valence-electron chi connectivity index (χ2n) is 5.09. The number of carbonyl (C=O) groups excluding carboxylic acids is 1. The Balaban J connectivity index is 1.86. The van der Waals surface area contributed by atoms with E-state index < -0.39 is 0 Å². The van der Waals surface area contributed by atoms with Crippen molar-refractivity contribution in [1.29, 1.82) is 0 Å². The first-order valence-corrected chi connectivity index (χ1v) is 6.37. The van der Waals surface area contributed by atoms with E-state index in [1.54, 1.807) is 0 Å². The molecule has 0 saturated carbocycles. The Labute approximate surface area is 98.0 Å². The van der Waals surface area contributed by atoms with Gasteiger partial charge in [-0.1, -0.05) is 0 Å². The maximum Gasteiger partial charge on any atom is 0.222 e. The monoisotopic (exact) mass is 225 g/mol. The third-order valence-corrected chi connectivity index (χ3v) is 4.12. The quantitative estimate of drug-likeness (QED) is 0.726. The number of carbonyl (C=O) groups is 1. The van der Waals surface area contributed by atoms with Crippen molar-refractivity contribution in [1.82, 2.24) is 15.1 Å². The van der Waals surface area contributed by atoms with Crippen molar-refractivity contribution in [3.63, 3.8) is 0 Å². The van der Waals surface area contributed by atoms with Crippen LogP contribution in [-0.2, 0) is 4.79 Å². The number of hydrogen-bond acceptors (Lipinski definition) is 3. The van der Waals surface area contributed by atoms with Gasteiger partial charge in [-0.2, -0.15) is 0 Å². The average Bonchev–Trinajstić information content (AvgIpc) is 2.31. The predicted octanol–water partition coefficient (Wildman–Crippen LogP) is 0.149. The van der Waals surface area contributed by atoms with E-state index in [-0.39, 0.29) is 0 Å². The lowest BCUT2D eigenvalue weighted by atomic mass is 9.89. The molecule has 0 bridgehead atoms. The van der Waals surface area contributed by atoms with Gasteiger partial charge >= 0.3 is 0 Å². The zero-order valence-electron chi connectivity index (χ0n) is 10.4. The minimum atomic E-state index is 0.309. The van der Waals surface area contributed by atoms with E-state index in [1.165, 1.54) is 0 Å². The lowest BCUT2D eigenvalue weighted by Crippen LogP contribution is -2.51. The van der Waals surface area contributed by atoms with Gasteiger partial charge in [0.25, 0.3) is 0 Å². The number of piperidine rings is 1. The molecule has 1 N–H and O–H groups in total. The Morgan fingerprint density at radius 3 is 2.75 bits per heavy atom. The molecule has 16 heavy (non-hydrogen) atoms. The summed E-state index contributed by atoms with van der Waals surface area (Å²) in [4.78, 5) is 16.0. The van der Waals surface area contributed by atoms with Crippen molar-refractivity contribution in [3.8, 4) is 0 Å². The van der Waals surface area contributed by atoms with E-state index in [9.17, 15) is 4.79 Å². The Hall–Kier alpha value is -0.610. The molecule has 2 rings (SSSR count). The fourth-order valence-electron chi connectivity index (χ4n) is 2.74. The maximum atomic E-state index is 11.5.